The summed E-state index contributed by atoms with van der Waals surface area (Å²) in [5, 5.41) is 3.72. The predicted octanol–water partition coefficient (Wildman–Crippen LogP) is 12.0. The molecule has 0 spiro atoms. The Morgan fingerprint density at radius 3 is 1.44 bits per heavy atom. The molecule has 0 saturated carbocycles. The van der Waals surface area contributed by atoms with E-state index in [-0.39, 0.29) is 0 Å². The monoisotopic (exact) mass is 614 g/mol. The summed E-state index contributed by atoms with van der Waals surface area (Å²) in [6, 6.07) is 63.2. The van der Waals surface area contributed by atoms with Crippen molar-refractivity contribution in [1.29, 1.82) is 0 Å². The van der Waals surface area contributed by atoms with Crippen molar-refractivity contribution in [2.45, 2.75) is 0 Å². The van der Waals surface area contributed by atoms with E-state index in [1.807, 2.05) is 0 Å². The molecule has 0 N–H and O–H groups in total. The molecule has 7 aromatic carbocycles. The number of nitrogens with zero attached hydrogens (tertiary/aromatic N) is 4. The maximum atomic E-state index is 2.41. The molecule has 3 heterocycles. The molecule has 0 radical (unpaired) electrons. The summed E-state index contributed by atoms with van der Waals surface area (Å²) in [5.74, 6) is 0. The van der Waals surface area contributed by atoms with E-state index in [0.29, 0.717) is 0 Å². The summed E-state index contributed by atoms with van der Waals surface area (Å²) in [7, 11) is 0. The van der Waals surface area contributed by atoms with E-state index in [1.165, 1.54) is 38.4 Å². The zero-order valence-electron chi connectivity index (χ0n) is 26.1. The maximum Gasteiger partial charge on any atom is 0.0703 e. The van der Waals surface area contributed by atoms with E-state index in [9.17, 15) is 0 Å². The second kappa shape index (κ2) is 10.5. The van der Waals surface area contributed by atoms with Gasteiger partial charge in [0.05, 0.1) is 39.3 Å². The summed E-state index contributed by atoms with van der Waals surface area (Å²) < 4.78 is 4.69. The van der Waals surface area contributed by atoms with E-state index in [4.69, 9.17) is 0 Å². The minimum atomic E-state index is 1.12. The number of rotatable bonds is 4. The third-order valence-corrected chi connectivity index (χ3v) is 9.63. The Hall–Kier alpha value is -6.52. The number of benzene rings is 7. The first-order valence-electron chi connectivity index (χ1n) is 16.4. The predicted molar refractivity (Wildman–Crippen MR) is 201 cm³/mol. The van der Waals surface area contributed by atoms with Crippen LogP contribution in [0.4, 0.5) is 34.1 Å². The van der Waals surface area contributed by atoms with Crippen LogP contribution < -0.4 is 9.80 Å². The molecule has 2 aromatic heterocycles. The lowest BCUT2D eigenvalue weighted by molar-refractivity contribution is 1.13. The highest BCUT2D eigenvalue weighted by atomic mass is 15.3. The van der Waals surface area contributed by atoms with E-state index >= 15 is 0 Å². The number of anilines is 6. The van der Waals surface area contributed by atoms with Gasteiger partial charge in [-0.15, -0.1) is 0 Å². The Morgan fingerprint density at radius 2 is 0.812 bits per heavy atom. The molecule has 1 aliphatic rings. The molecule has 0 bridgehead atoms. The van der Waals surface area contributed by atoms with Gasteiger partial charge < -0.3 is 18.9 Å². The van der Waals surface area contributed by atoms with Crippen molar-refractivity contribution >= 4 is 66.8 Å². The molecule has 0 atom stereocenters. The van der Waals surface area contributed by atoms with Crippen LogP contribution in [0, 0.1) is 0 Å². The molecular formula is C44H30N4. The van der Waals surface area contributed by atoms with Gasteiger partial charge in [0.25, 0.3) is 0 Å². The minimum Gasteiger partial charge on any atom is -0.317 e. The summed E-state index contributed by atoms with van der Waals surface area (Å²) in [5.41, 5.74) is 12.8. The molecule has 0 amide bonds. The Morgan fingerprint density at radius 1 is 0.312 bits per heavy atom. The summed E-state index contributed by atoms with van der Waals surface area (Å²) in [4.78, 5) is 4.75. The Bertz CT molecular complexity index is 2570. The highest BCUT2D eigenvalue weighted by Gasteiger charge is 2.30. The summed E-state index contributed by atoms with van der Waals surface area (Å²) >= 11 is 0. The van der Waals surface area contributed by atoms with Gasteiger partial charge in [-0.3, -0.25) is 0 Å². The SMILES string of the molecule is c1ccc(N2c3ccccc3N(c3ccc(-n4c5ccccc5c5cc6c(ccn6-c6ccccc6)cc54)cc3)c3ccccc32)cc1. The average Bonchev–Trinajstić information content (AvgIpc) is 3.72. The van der Waals surface area contributed by atoms with Gasteiger partial charge in [-0.25, -0.2) is 0 Å². The van der Waals surface area contributed by atoms with E-state index in [0.717, 1.165) is 39.8 Å². The second-order valence-electron chi connectivity index (χ2n) is 12.3. The van der Waals surface area contributed by atoms with Crippen molar-refractivity contribution in [2.75, 3.05) is 9.80 Å². The van der Waals surface area contributed by atoms with Gasteiger partial charge in [-0.05, 0) is 97.1 Å². The smallest absolute Gasteiger partial charge is 0.0703 e. The van der Waals surface area contributed by atoms with Crippen LogP contribution in [0.2, 0.25) is 0 Å². The first-order valence-corrected chi connectivity index (χ1v) is 16.4. The van der Waals surface area contributed by atoms with Crippen molar-refractivity contribution in [2.24, 2.45) is 0 Å². The van der Waals surface area contributed by atoms with Crippen molar-refractivity contribution in [3.63, 3.8) is 0 Å². The second-order valence-corrected chi connectivity index (χ2v) is 12.3. The molecule has 1 aliphatic heterocycles. The van der Waals surface area contributed by atoms with Gasteiger partial charge in [-0.2, -0.15) is 0 Å². The summed E-state index contributed by atoms with van der Waals surface area (Å²) in [6.07, 6.45) is 2.17. The van der Waals surface area contributed by atoms with Crippen LogP contribution in [0.15, 0.2) is 182 Å². The van der Waals surface area contributed by atoms with Gasteiger partial charge in [0.1, 0.15) is 0 Å². The number of hydrogen-bond donors (Lipinski definition) is 0. The van der Waals surface area contributed by atoms with Crippen molar-refractivity contribution in [3.05, 3.63) is 182 Å². The molecule has 9 aromatic rings. The van der Waals surface area contributed by atoms with E-state index in [1.54, 1.807) is 0 Å². The van der Waals surface area contributed by atoms with Crippen LogP contribution >= 0.6 is 0 Å². The van der Waals surface area contributed by atoms with Crippen LogP contribution in [-0.2, 0) is 0 Å². The van der Waals surface area contributed by atoms with Gasteiger partial charge in [0.2, 0.25) is 0 Å². The lowest BCUT2D eigenvalue weighted by atomic mass is 10.0. The third kappa shape index (κ3) is 3.96. The first-order chi connectivity index (χ1) is 23.8. The van der Waals surface area contributed by atoms with E-state index < -0.39 is 0 Å². The van der Waals surface area contributed by atoms with Gasteiger partial charge in [0, 0.05) is 45.1 Å². The topological polar surface area (TPSA) is 16.3 Å². The van der Waals surface area contributed by atoms with E-state index in [2.05, 4.69) is 201 Å². The highest BCUT2D eigenvalue weighted by Crippen LogP contribution is 2.53. The van der Waals surface area contributed by atoms with Crippen LogP contribution in [0.3, 0.4) is 0 Å². The molecule has 0 aliphatic carbocycles. The lowest BCUT2D eigenvalue weighted by Gasteiger charge is -2.40. The first kappa shape index (κ1) is 26.7. The Kier molecular flexibility index (Phi) is 5.84. The fourth-order valence-electron chi connectivity index (χ4n) is 7.52. The van der Waals surface area contributed by atoms with Gasteiger partial charge in [0.15, 0.2) is 0 Å². The van der Waals surface area contributed by atoms with Gasteiger partial charge in [-0.1, -0.05) is 78.9 Å². The quantitative estimate of drug-likeness (QED) is 0.196. The maximum absolute atomic E-state index is 2.41. The average molecular weight is 615 g/mol. The standard InChI is InChI=1S/C44H30N4/c1-3-13-32(14-4-1)45-28-27-31-29-44-37(30-43(31)45)36-17-7-8-18-38(36)46(44)34-23-25-35(26-24-34)48-41-21-11-9-19-39(41)47(33-15-5-2-6-16-33)40-20-10-12-22-42(40)48/h1-30H. The van der Waals surface area contributed by atoms with Gasteiger partial charge >= 0.3 is 0 Å². The Labute approximate surface area is 278 Å². The Balaban J connectivity index is 1.12. The molecule has 4 nitrogen and oxygen atoms in total. The molecule has 0 saturated heterocycles. The highest BCUT2D eigenvalue weighted by molar-refractivity contribution is 6.13. The van der Waals surface area contributed by atoms with Crippen molar-refractivity contribution in [3.8, 4) is 11.4 Å². The fraction of sp³-hybridized carbons (Fsp3) is 0. The van der Waals surface area contributed by atoms with Crippen LogP contribution in [-0.4, -0.2) is 9.13 Å². The molecule has 0 fully saturated rings. The largest absolute Gasteiger partial charge is 0.317 e. The van der Waals surface area contributed by atoms with Crippen molar-refractivity contribution in [1.82, 2.24) is 9.13 Å². The number of aromatic nitrogens is 2. The summed E-state index contributed by atoms with van der Waals surface area (Å²) in [6.45, 7) is 0. The number of para-hydroxylation sites is 7. The normalized spacial score (nSPS) is 12.5. The minimum absolute atomic E-state index is 1.12. The fourth-order valence-corrected chi connectivity index (χ4v) is 7.52. The molecule has 48 heavy (non-hydrogen) atoms. The zero-order chi connectivity index (χ0) is 31.6. The van der Waals surface area contributed by atoms with Crippen LogP contribution in [0.25, 0.3) is 44.1 Å². The van der Waals surface area contributed by atoms with Crippen molar-refractivity contribution < 1.29 is 0 Å². The molecule has 10 rings (SSSR count). The number of fused-ring (bicyclic) bond motifs is 6. The molecule has 226 valence electrons. The molecule has 0 unspecified atom stereocenters. The number of hydrogen-bond acceptors (Lipinski definition) is 2. The van der Waals surface area contributed by atoms with Crippen LogP contribution in [0.5, 0.6) is 0 Å². The zero-order valence-corrected chi connectivity index (χ0v) is 26.1. The molecule has 4 heteroatoms. The van der Waals surface area contributed by atoms with Crippen LogP contribution in [0.1, 0.15) is 0 Å². The lowest BCUT2D eigenvalue weighted by Crippen LogP contribution is -2.23. The molecular weight excluding hydrogens is 585 g/mol. The third-order valence-electron chi connectivity index (χ3n) is 9.63.